The molecule has 0 bridgehead atoms. The minimum absolute atomic E-state index is 0.0642. The lowest BCUT2D eigenvalue weighted by atomic mass is 10.0. The van der Waals surface area contributed by atoms with E-state index in [4.69, 9.17) is 0 Å². The number of allylic oxidation sites excluding steroid dienone is 3. The molecule has 0 aromatic rings. The highest BCUT2D eigenvalue weighted by Crippen LogP contribution is 2.17. The summed E-state index contributed by atoms with van der Waals surface area (Å²) in [7, 11) is 0. The second kappa shape index (κ2) is 53.2. The topological polar surface area (TPSA) is 69.6 Å². The fraction of sp³-hybridized carbons (Fsp3) is 0.912. The largest absolute Gasteiger partial charge is 0.394 e. The summed E-state index contributed by atoms with van der Waals surface area (Å²) in [6.07, 6.45) is 70.6. The number of unbranched alkanes of at least 4 members (excludes halogenated alkanes) is 43. The van der Waals surface area contributed by atoms with E-state index < -0.39 is 12.1 Å². The van der Waals surface area contributed by atoms with Gasteiger partial charge in [-0.25, -0.2) is 0 Å². The van der Waals surface area contributed by atoms with Gasteiger partial charge in [0.05, 0.1) is 18.8 Å². The van der Waals surface area contributed by atoms with Gasteiger partial charge in [0.1, 0.15) is 0 Å². The smallest absolute Gasteiger partial charge is 0.220 e. The first-order chi connectivity index (χ1) is 30.2. The summed E-state index contributed by atoms with van der Waals surface area (Å²) >= 11 is 0. The van der Waals surface area contributed by atoms with E-state index >= 15 is 0 Å². The van der Waals surface area contributed by atoms with Crippen molar-refractivity contribution in [3.63, 3.8) is 0 Å². The van der Waals surface area contributed by atoms with Crippen LogP contribution in [0.5, 0.6) is 0 Å². The van der Waals surface area contributed by atoms with Crippen LogP contribution in [-0.2, 0) is 4.79 Å². The molecular formula is C57H111NO3. The van der Waals surface area contributed by atoms with Crippen molar-refractivity contribution < 1.29 is 15.0 Å². The van der Waals surface area contributed by atoms with Crippen LogP contribution in [0.25, 0.3) is 0 Å². The summed E-state index contributed by atoms with van der Waals surface area (Å²) in [6, 6.07) is -0.623. The number of aliphatic hydroxyl groups excluding tert-OH is 2. The molecule has 4 heteroatoms. The standard InChI is InChI=1S/C57H111NO3/c1-3-5-7-9-11-13-15-17-19-21-23-24-25-26-27-28-29-30-31-32-33-34-35-36-38-40-42-44-46-48-50-52-56(60)55(54-59)58-57(61)53-51-49-47-45-43-41-39-37-22-20-18-16-14-12-10-8-6-4-2/h20,22,50,52,55-56,59-60H,3-19,21,23-49,51,53-54H2,1-2H3,(H,58,61)/b22-20-,52-50+. The maximum Gasteiger partial charge on any atom is 0.220 e. The highest BCUT2D eigenvalue weighted by Gasteiger charge is 2.18. The fourth-order valence-electron chi connectivity index (χ4n) is 8.88. The molecule has 0 fully saturated rings. The molecule has 0 aliphatic rings. The molecule has 0 aliphatic heterocycles. The number of rotatable bonds is 52. The van der Waals surface area contributed by atoms with Crippen LogP contribution in [0, 0.1) is 0 Å². The number of hydrogen-bond acceptors (Lipinski definition) is 3. The molecule has 0 radical (unpaired) electrons. The van der Waals surface area contributed by atoms with Crippen molar-refractivity contribution in [1.82, 2.24) is 5.32 Å². The Balaban J connectivity index is 3.45. The Bertz CT molecular complexity index is 886. The molecule has 0 aliphatic carbocycles. The molecule has 0 heterocycles. The number of carbonyl (C=O) groups excluding carboxylic acids is 1. The molecule has 0 saturated carbocycles. The summed E-state index contributed by atoms with van der Waals surface area (Å²) in [6.45, 7) is 4.34. The number of hydrogen-bond donors (Lipinski definition) is 3. The van der Waals surface area contributed by atoms with Crippen molar-refractivity contribution >= 4 is 5.91 Å². The second-order valence-corrected chi connectivity index (χ2v) is 19.4. The molecule has 3 N–H and O–H groups in total. The van der Waals surface area contributed by atoms with Crippen LogP contribution in [0.1, 0.15) is 316 Å². The predicted octanol–water partition coefficient (Wildman–Crippen LogP) is 18.3. The monoisotopic (exact) mass is 858 g/mol. The van der Waals surface area contributed by atoms with E-state index in [2.05, 4.69) is 31.3 Å². The van der Waals surface area contributed by atoms with E-state index in [9.17, 15) is 15.0 Å². The maximum absolute atomic E-state index is 12.4. The molecule has 362 valence electrons. The summed E-state index contributed by atoms with van der Waals surface area (Å²) in [5.74, 6) is -0.0642. The normalized spacial score (nSPS) is 12.9. The lowest BCUT2D eigenvalue weighted by molar-refractivity contribution is -0.123. The van der Waals surface area contributed by atoms with Crippen molar-refractivity contribution in [3.8, 4) is 0 Å². The van der Waals surface area contributed by atoms with Crippen LogP contribution in [0.2, 0.25) is 0 Å². The van der Waals surface area contributed by atoms with Crippen molar-refractivity contribution in [3.05, 3.63) is 24.3 Å². The van der Waals surface area contributed by atoms with Crippen molar-refractivity contribution in [2.75, 3.05) is 6.61 Å². The van der Waals surface area contributed by atoms with E-state index in [0.717, 1.165) is 25.7 Å². The fourth-order valence-corrected chi connectivity index (χ4v) is 8.88. The lowest BCUT2D eigenvalue weighted by Gasteiger charge is -2.20. The molecule has 61 heavy (non-hydrogen) atoms. The van der Waals surface area contributed by atoms with Crippen LogP contribution in [0.3, 0.4) is 0 Å². The van der Waals surface area contributed by atoms with Gasteiger partial charge >= 0.3 is 0 Å². The summed E-state index contributed by atoms with van der Waals surface area (Å²) in [4.78, 5) is 12.4. The van der Waals surface area contributed by atoms with Gasteiger partial charge in [-0.15, -0.1) is 0 Å². The minimum atomic E-state index is -0.840. The Labute approximate surface area is 383 Å². The second-order valence-electron chi connectivity index (χ2n) is 19.4. The van der Waals surface area contributed by atoms with Crippen LogP contribution >= 0.6 is 0 Å². The zero-order chi connectivity index (χ0) is 44.2. The molecule has 0 spiro atoms. The zero-order valence-corrected chi connectivity index (χ0v) is 41.7. The van der Waals surface area contributed by atoms with Crippen LogP contribution in [0.15, 0.2) is 24.3 Å². The van der Waals surface area contributed by atoms with Crippen molar-refractivity contribution in [1.29, 1.82) is 0 Å². The van der Waals surface area contributed by atoms with Gasteiger partial charge in [-0.3, -0.25) is 4.79 Å². The first-order valence-corrected chi connectivity index (χ1v) is 28.1. The predicted molar refractivity (Wildman–Crippen MR) is 272 cm³/mol. The molecular weight excluding hydrogens is 747 g/mol. The Kier molecular flexibility index (Phi) is 52.2. The number of aliphatic hydroxyl groups is 2. The SMILES string of the molecule is CCCCCCCCC/C=C\CCCCCCCCCC(=O)NC(CO)C(O)/C=C/CCCCCCCCCCCCCCCCCCCCCCCCCCCCCCC. The van der Waals surface area contributed by atoms with Gasteiger partial charge in [0.25, 0.3) is 0 Å². The van der Waals surface area contributed by atoms with Gasteiger partial charge in [-0.2, -0.15) is 0 Å². The van der Waals surface area contributed by atoms with Gasteiger partial charge in [0.15, 0.2) is 0 Å². The molecule has 2 atom stereocenters. The molecule has 0 rings (SSSR count). The molecule has 0 aromatic heterocycles. The average Bonchev–Trinajstić information content (AvgIpc) is 3.26. The zero-order valence-electron chi connectivity index (χ0n) is 41.7. The van der Waals surface area contributed by atoms with E-state index in [1.807, 2.05) is 6.08 Å². The molecule has 1 amide bonds. The Morgan fingerprint density at radius 1 is 0.377 bits per heavy atom. The third-order valence-electron chi connectivity index (χ3n) is 13.2. The number of nitrogens with one attached hydrogen (secondary N) is 1. The minimum Gasteiger partial charge on any atom is -0.394 e. The van der Waals surface area contributed by atoms with Gasteiger partial charge < -0.3 is 15.5 Å². The maximum atomic E-state index is 12.4. The summed E-state index contributed by atoms with van der Waals surface area (Å²) in [5, 5.41) is 23.2. The van der Waals surface area contributed by atoms with Crippen LogP contribution < -0.4 is 5.32 Å². The Morgan fingerprint density at radius 3 is 0.902 bits per heavy atom. The van der Waals surface area contributed by atoms with Crippen molar-refractivity contribution in [2.24, 2.45) is 0 Å². The van der Waals surface area contributed by atoms with Crippen molar-refractivity contribution in [2.45, 2.75) is 328 Å². The van der Waals surface area contributed by atoms with E-state index in [-0.39, 0.29) is 12.5 Å². The van der Waals surface area contributed by atoms with Gasteiger partial charge in [0.2, 0.25) is 5.91 Å². The van der Waals surface area contributed by atoms with Gasteiger partial charge in [0, 0.05) is 6.42 Å². The van der Waals surface area contributed by atoms with E-state index in [0.29, 0.717) is 6.42 Å². The molecule has 2 unspecified atom stereocenters. The lowest BCUT2D eigenvalue weighted by Crippen LogP contribution is -2.45. The van der Waals surface area contributed by atoms with Crippen LogP contribution in [-0.4, -0.2) is 34.9 Å². The molecule has 4 nitrogen and oxygen atoms in total. The Morgan fingerprint density at radius 2 is 0.623 bits per heavy atom. The van der Waals surface area contributed by atoms with Crippen LogP contribution in [0.4, 0.5) is 0 Å². The molecule has 0 saturated heterocycles. The summed E-state index contributed by atoms with van der Waals surface area (Å²) < 4.78 is 0. The number of carbonyl (C=O) groups is 1. The highest BCUT2D eigenvalue weighted by atomic mass is 16.3. The molecule has 0 aromatic carbocycles. The third-order valence-corrected chi connectivity index (χ3v) is 13.2. The summed E-state index contributed by atoms with van der Waals surface area (Å²) in [5.41, 5.74) is 0. The average molecular weight is 859 g/mol. The third kappa shape index (κ3) is 49.7. The quantitative estimate of drug-likeness (QED) is 0.0422. The first-order valence-electron chi connectivity index (χ1n) is 28.1. The highest BCUT2D eigenvalue weighted by molar-refractivity contribution is 5.76. The first kappa shape index (κ1) is 59.9. The number of amides is 1. The van der Waals surface area contributed by atoms with Gasteiger partial charge in [-0.1, -0.05) is 289 Å². The van der Waals surface area contributed by atoms with E-state index in [1.54, 1.807) is 6.08 Å². The Hall–Kier alpha value is -1.13. The van der Waals surface area contributed by atoms with Gasteiger partial charge in [-0.05, 0) is 44.9 Å². The van der Waals surface area contributed by atoms with E-state index in [1.165, 1.54) is 270 Å².